The maximum absolute atomic E-state index is 13.0. The zero-order valence-electron chi connectivity index (χ0n) is 13.4. The smallest absolute Gasteiger partial charge is 0.325 e. The number of para-hydroxylation sites is 1. The van der Waals surface area contributed by atoms with Gasteiger partial charge in [0.05, 0.1) is 0 Å². The highest BCUT2D eigenvalue weighted by molar-refractivity contribution is 5.95. The number of halogens is 1. The summed E-state index contributed by atoms with van der Waals surface area (Å²) in [6, 6.07) is 14.9. The Morgan fingerprint density at radius 3 is 2.54 bits per heavy atom. The van der Waals surface area contributed by atoms with Gasteiger partial charge in [0.2, 0.25) is 0 Å². The molecule has 0 bridgehead atoms. The van der Waals surface area contributed by atoms with E-state index in [1.54, 1.807) is 6.07 Å². The molecule has 1 amide bonds. The Labute approximate surface area is 140 Å². The van der Waals surface area contributed by atoms with Crippen molar-refractivity contribution in [2.24, 2.45) is 0 Å². The van der Waals surface area contributed by atoms with Gasteiger partial charge in [0.15, 0.2) is 6.61 Å². The molecule has 2 rings (SSSR count). The summed E-state index contributed by atoms with van der Waals surface area (Å²) in [5.74, 6) is -1.29. The molecule has 0 heterocycles. The highest BCUT2D eigenvalue weighted by atomic mass is 19.1. The van der Waals surface area contributed by atoms with Gasteiger partial charge in [0.25, 0.3) is 5.91 Å². The molecule has 0 spiro atoms. The monoisotopic (exact) mass is 330 g/mol. The van der Waals surface area contributed by atoms with Crippen LogP contribution in [0.5, 0.6) is 0 Å². The molecule has 6 heteroatoms. The van der Waals surface area contributed by atoms with E-state index in [1.807, 2.05) is 37.3 Å². The van der Waals surface area contributed by atoms with Crippen LogP contribution in [-0.4, -0.2) is 31.6 Å². The molecule has 0 unspecified atom stereocenters. The van der Waals surface area contributed by atoms with Crippen LogP contribution in [-0.2, 0) is 14.3 Å². The molecule has 0 aliphatic carbocycles. The Kier molecular flexibility index (Phi) is 6.31. The van der Waals surface area contributed by atoms with Crippen molar-refractivity contribution in [2.75, 3.05) is 29.9 Å². The SMILES string of the molecule is CCN(C(=O)COC(=O)CNc1cccc(F)c1)c1ccccc1. The standard InChI is InChI=1S/C18H19FN2O3/c1-2-21(16-9-4-3-5-10-16)17(22)13-24-18(23)12-20-15-8-6-7-14(19)11-15/h3-11,20H,2,12-13H2,1H3. The molecule has 126 valence electrons. The molecular weight excluding hydrogens is 311 g/mol. The Balaban J connectivity index is 1.81. The summed E-state index contributed by atoms with van der Waals surface area (Å²) in [6.45, 7) is 1.83. The van der Waals surface area contributed by atoms with Crippen LogP contribution in [0.4, 0.5) is 15.8 Å². The van der Waals surface area contributed by atoms with Crippen molar-refractivity contribution in [3.8, 4) is 0 Å². The second kappa shape index (κ2) is 8.67. The van der Waals surface area contributed by atoms with Gasteiger partial charge in [0.1, 0.15) is 12.4 Å². The second-order valence-electron chi connectivity index (χ2n) is 5.00. The van der Waals surface area contributed by atoms with Crippen LogP contribution in [0.15, 0.2) is 54.6 Å². The summed E-state index contributed by atoms with van der Waals surface area (Å²) < 4.78 is 18.0. The van der Waals surface area contributed by atoms with Crippen LogP contribution in [0.25, 0.3) is 0 Å². The van der Waals surface area contributed by atoms with Crippen LogP contribution in [0, 0.1) is 5.82 Å². The average Bonchev–Trinajstić information content (AvgIpc) is 2.60. The largest absolute Gasteiger partial charge is 0.454 e. The van der Waals surface area contributed by atoms with Crippen molar-refractivity contribution >= 4 is 23.3 Å². The summed E-state index contributed by atoms with van der Waals surface area (Å²) in [6.07, 6.45) is 0. The molecule has 0 atom stereocenters. The van der Waals surface area contributed by atoms with Crippen LogP contribution in [0.2, 0.25) is 0 Å². The van der Waals surface area contributed by atoms with Gasteiger partial charge in [-0.25, -0.2) is 4.39 Å². The lowest BCUT2D eigenvalue weighted by Crippen LogP contribution is -2.35. The molecule has 0 fully saturated rings. The minimum absolute atomic E-state index is 0.145. The molecule has 0 radical (unpaired) electrons. The zero-order valence-corrected chi connectivity index (χ0v) is 13.4. The maximum Gasteiger partial charge on any atom is 0.325 e. The first kappa shape index (κ1) is 17.5. The van der Waals surface area contributed by atoms with Gasteiger partial charge in [-0.05, 0) is 37.3 Å². The summed E-state index contributed by atoms with van der Waals surface area (Å²) in [5.41, 5.74) is 1.22. The number of carbonyl (C=O) groups is 2. The van der Waals surface area contributed by atoms with E-state index >= 15 is 0 Å². The number of anilines is 2. The van der Waals surface area contributed by atoms with Gasteiger partial charge >= 0.3 is 5.97 Å². The van der Waals surface area contributed by atoms with E-state index in [-0.39, 0.29) is 19.1 Å². The molecule has 0 aliphatic heterocycles. The molecule has 2 aromatic carbocycles. The summed E-state index contributed by atoms with van der Waals surface area (Å²) >= 11 is 0. The third-order valence-electron chi connectivity index (χ3n) is 3.30. The molecule has 24 heavy (non-hydrogen) atoms. The predicted octanol–water partition coefficient (Wildman–Crippen LogP) is 2.83. The highest BCUT2D eigenvalue weighted by Crippen LogP contribution is 2.13. The summed E-state index contributed by atoms with van der Waals surface area (Å²) in [4.78, 5) is 25.4. The average molecular weight is 330 g/mol. The van der Waals surface area contributed by atoms with Gasteiger partial charge in [-0.2, -0.15) is 0 Å². The number of likely N-dealkylation sites (N-methyl/N-ethyl adjacent to an activating group) is 1. The number of ether oxygens (including phenoxy) is 1. The van der Waals surface area contributed by atoms with Crippen LogP contribution in [0.3, 0.4) is 0 Å². The van der Waals surface area contributed by atoms with Crippen molar-refractivity contribution in [3.63, 3.8) is 0 Å². The van der Waals surface area contributed by atoms with Crippen LogP contribution >= 0.6 is 0 Å². The molecule has 0 aliphatic rings. The number of amides is 1. The number of esters is 1. The minimum Gasteiger partial charge on any atom is -0.454 e. The number of benzene rings is 2. The number of carbonyl (C=O) groups excluding carboxylic acids is 2. The van der Waals surface area contributed by atoms with Crippen molar-refractivity contribution < 1.29 is 18.7 Å². The van der Waals surface area contributed by atoms with Crippen molar-refractivity contribution in [2.45, 2.75) is 6.92 Å². The normalized spacial score (nSPS) is 10.1. The van der Waals surface area contributed by atoms with Gasteiger partial charge in [-0.15, -0.1) is 0 Å². The Morgan fingerprint density at radius 2 is 1.88 bits per heavy atom. The maximum atomic E-state index is 13.0. The Hall–Kier alpha value is -2.89. The van der Waals surface area contributed by atoms with E-state index in [0.717, 1.165) is 5.69 Å². The molecule has 5 nitrogen and oxygen atoms in total. The third kappa shape index (κ3) is 5.08. The van der Waals surface area contributed by atoms with Gasteiger partial charge < -0.3 is 15.0 Å². The molecule has 0 saturated heterocycles. The Bertz CT molecular complexity index is 692. The fourth-order valence-corrected chi connectivity index (χ4v) is 2.15. The van der Waals surface area contributed by atoms with E-state index < -0.39 is 11.8 Å². The first-order valence-electron chi connectivity index (χ1n) is 7.60. The fourth-order valence-electron chi connectivity index (χ4n) is 2.15. The van der Waals surface area contributed by atoms with E-state index in [1.165, 1.54) is 23.1 Å². The van der Waals surface area contributed by atoms with Gasteiger partial charge in [0, 0.05) is 17.9 Å². The first-order valence-corrected chi connectivity index (χ1v) is 7.60. The lowest BCUT2D eigenvalue weighted by molar-refractivity contribution is -0.146. The second-order valence-corrected chi connectivity index (χ2v) is 5.00. The van der Waals surface area contributed by atoms with E-state index in [9.17, 15) is 14.0 Å². The van der Waals surface area contributed by atoms with Crippen LogP contribution in [0.1, 0.15) is 6.92 Å². The van der Waals surface area contributed by atoms with Crippen molar-refractivity contribution in [1.29, 1.82) is 0 Å². The molecule has 2 aromatic rings. The van der Waals surface area contributed by atoms with Gasteiger partial charge in [-0.3, -0.25) is 9.59 Å². The quantitative estimate of drug-likeness (QED) is 0.793. The number of nitrogens with zero attached hydrogens (tertiary/aromatic N) is 1. The lowest BCUT2D eigenvalue weighted by Gasteiger charge is -2.20. The number of rotatable bonds is 7. The summed E-state index contributed by atoms with van der Waals surface area (Å²) in [5, 5.41) is 2.74. The lowest BCUT2D eigenvalue weighted by atomic mass is 10.3. The zero-order chi connectivity index (χ0) is 17.4. The molecule has 1 N–H and O–H groups in total. The van der Waals surface area contributed by atoms with Crippen molar-refractivity contribution in [3.05, 3.63) is 60.4 Å². The number of hydrogen-bond acceptors (Lipinski definition) is 4. The minimum atomic E-state index is -0.586. The van der Waals surface area contributed by atoms with Crippen LogP contribution < -0.4 is 10.2 Å². The van der Waals surface area contributed by atoms with Crippen molar-refractivity contribution in [1.82, 2.24) is 0 Å². The summed E-state index contributed by atoms with van der Waals surface area (Å²) in [7, 11) is 0. The molecule has 0 saturated carbocycles. The fraction of sp³-hybridized carbons (Fsp3) is 0.222. The van der Waals surface area contributed by atoms with Gasteiger partial charge in [-0.1, -0.05) is 24.3 Å². The predicted molar refractivity (Wildman–Crippen MR) is 90.3 cm³/mol. The number of hydrogen-bond donors (Lipinski definition) is 1. The Morgan fingerprint density at radius 1 is 1.12 bits per heavy atom. The third-order valence-corrected chi connectivity index (χ3v) is 3.30. The molecular formula is C18H19FN2O3. The van der Waals surface area contributed by atoms with E-state index in [0.29, 0.717) is 12.2 Å². The van der Waals surface area contributed by atoms with E-state index in [2.05, 4.69) is 5.32 Å². The highest BCUT2D eigenvalue weighted by Gasteiger charge is 2.15. The first-order chi connectivity index (χ1) is 11.6. The van der Waals surface area contributed by atoms with E-state index in [4.69, 9.17) is 4.74 Å². The molecule has 0 aromatic heterocycles. The number of nitrogens with one attached hydrogen (secondary N) is 1. The topological polar surface area (TPSA) is 58.6 Å².